The van der Waals surface area contributed by atoms with E-state index in [1.54, 1.807) is 16.8 Å². The Morgan fingerprint density at radius 3 is 2.58 bits per heavy atom. The lowest BCUT2D eigenvalue weighted by Gasteiger charge is -2.16. The molecule has 0 bridgehead atoms. The second-order valence-corrected chi connectivity index (χ2v) is 6.26. The summed E-state index contributed by atoms with van der Waals surface area (Å²) in [6, 6.07) is 8.56. The average Bonchev–Trinajstić information content (AvgIpc) is 2.91. The molecule has 0 amide bonds. The molecule has 24 heavy (non-hydrogen) atoms. The molecule has 0 atom stereocenters. The van der Waals surface area contributed by atoms with Crippen molar-refractivity contribution in [1.82, 2.24) is 15.1 Å². The lowest BCUT2D eigenvalue weighted by molar-refractivity contribution is 0.530. The Morgan fingerprint density at radius 1 is 1.17 bits per heavy atom. The lowest BCUT2D eigenvalue weighted by Crippen LogP contribution is -2.39. The van der Waals surface area contributed by atoms with Gasteiger partial charge in [-0.2, -0.15) is 5.10 Å². The summed E-state index contributed by atoms with van der Waals surface area (Å²) in [7, 11) is 0. The third kappa shape index (κ3) is 4.57. The summed E-state index contributed by atoms with van der Waals surface area (Å²) >= 11 is 0. The van der Waals surface area contributed by atoms with Crippen LogP contribution in [0.25, 0.3) is 5.69 Å². The minimum Gasteiger partial charge on any atom is -0.370 e. The molecule has 128 valence electrons. The van der Waals surface area contributed by atoms with Gasteiger partial charge in [0.15, 0.2) is 5.96 Å². The van der Waals surface area contributed by atoms with Crippen molar-refractivity contribution in [3.05, 3.63) is 48.0 Å². The first-order chi connectivity index (χ1) is 11.7. The van der Waals surface area contributed by atoms with E-state index < -0.39 is 0 Å². The lowest BCUT2D eigenvalue weighted by atomic mass is 10.1. The number of nitrogens with zero attached hydrogens (tertiary/aromatic N) is 3. The number of hydrogen-bond acceptors (Lipinski definition) is 2. The second-order valence-electron chi connectivity index (χ2n) is 6.26. The highest BCUT2D eigenvalue weighted by Crippen LogP contribution is 2.17. The topological polar surface area (TPSA) is 68.2 Å². The molecule has 3 rings (SSSR count). The minimum atomic E-state index is -0.256. The smallest absolute Gasteiger partial charge is 0.189 e. The highest BCUT2D eigenvalue weighted by Gasteiger charge is 2.12. The molecule has 0 spiro atoms. The van der Waals surface area contributed by atoms with Gasteiger partial charge >= 0.3 is 0 Å². The van der Waals surface area contributed by atoms with Gasteiger partial charge in [-0.25, -0.2) is 14.1 Å². The summed E-state index contributed by atoms with van der Waals surface area (Å²) in [5.74, 6) is 0.228. The van der Waals surface area contributed by atoms with Crippen LogP contribution in [0.5, 0.6) is 0 Å². The monoisotopic (exact) mass is 329 g/mol. The SMILES string of the molecule is NC(=NCc1ccn(-c2ccc(F)cc2)n1)NC1CCCCCC1. The number of nitrogens with one attached hydrogen (secondary N) is 1. The van der Waals surface area contributed by atoms with Crippen LogP contribution in [0.3, 0.4) is 0 Å². The summed E-state index contributed by atoms with van der Waals surface area (Å²) < 4.78 is 14.7. The Morgan fingerprint density at radius 2 is 1.88 bits per heavy atom. The predicted molar refractivity (Wildman–Crippen MR) is 93.5 cm³/mol. The van der Waals surface area contributed by atoms with Crippen molar-refractivity contribution in [2.75, 3.05) is 0 Å². The Hall–Kier alpha value is -2.37. The van der Waals surface area contributed by atoms with Crippen LogP contribution in [-0.2, 0) is 6.54 Å². The molecular formula is C18H24FN5. The van der Waals surface area contributed by atoms with Gasteiger partial charge in [0.05, 0.1) is 17.9 Å². The van der Waals surface area contributed by atoms with Crippen molar-refractivity contribution in [1.29, 1.82) is 0 Å². The zero-order valence-corrected chi connectivity index (χ0v) is 13.8. The van der Waals surface area contributed by atoms with Gasteiger partial charge in [-0.1, -0.05) is 25.7 Å². The number of nitrogens with two attached hydrogens (primary N) is 1. The summed E-state index contributed by atoms with van der Waals surface area (Å²) in [6.07, 6.45) is 9.31. The average molecular weight is 329 g/mol. The van der Waals surface area contributed by atoms with E-state index in [1.807, 2.05) is 12.3 Å². The van der Waals surface area contributed by atoms with Crippen LogP contribution in [0.4, 0.5) is 4.39 Å². The van der Waals surface area contributed by atoms with Crippen LogP contribution < -0.4 is 11.1 Å². The van der Waals surface area contributed by atoms with Crippen molar-refractivity contribution in [3.8, 4) is 5.69 Å². The highest BCUT2D eigenvalue weighted by atomic mass is 19.1. The number of guanidine groups is 1. The van der Waals surface area contributed by atoms with Gasteiger partial charge in [-0.05, 0) is 43.2 Å². The van der Waals surface area contributed by atoms with Crippen molar-refractivity contribution >= 4 is 5.96 Å². The molecule has 1 aromatic heterocycles. The summed E-state index contributed by atoms with van der Waals surface area (Å²) in [6.45, 7) is 0.430. The molecular weight excluding hydrogens is 305 g/mol. The van der Waals surface area contributed by atoms with Gasteiger partial charge in [-0.15, -0.1) is 0 Å². The maximum absolute atomic E-state index is 13.0. The van der Waals surface area contributed by atoms with Crippen molar-refractivity contribution in [2.45, 2.75) is 51.1 Å². The molecule has 1 heterocycles. The highest BCUT2D eigenvalue weighted by molar-refractivity contribution is 5.78. The Labute approximate surface area is 141 Å². The molecule has 1 aliphatic rings. The Kier molecular flexibility index (Phi) is 5.46. The molecule has 0 unspecified atom stereocenters. The molecule has 2 aromatic rings. The Balaban J connectivity index is 1.56. The van der Waals surface area contributed by atoms with Gasteiger partial charge in [0.2, 0.25) is 0 Å². The number of halogens is 1. The first-order valence-corrected chi connectivity index (χ1v) is 8.58. The maximum atomic E-state index is 13.0. The Bertz CT molecular complexity index is 669. The number of benzene rings is 1. The fourth-order valence-corrected chi connectivity index (χ4v) is 3.03. The van der Waals surface area contributed by atoms with E-state index in [-0.39, 0.29) is 5.82 Å². The molecule has 0 radical (unpaired) electrons. The van der Waals surface area contributed by atoms with Gasteiger partial charge in [0, 0.05) is 12.2 Å². The number of hydrogen-bond donors (Lipinski definition) is 2. The van der Waals surface area contributed by atoms with Gasteiger partial charge in [0.25, 0.3) is 0 Å². The van der Waals surface area contributed by atoms with E-state index >= 15 is 0 Å². The number of aliphatic imine (C=N–C) groups is 1. The first kappa shape index (κ1) is 16.5. The van der Waals surface area contributed by atoms with E-state index in [0.717, 1.165) is 24.2 Å². The molecule has 6 heteroatoms. The van der Waals surface area contributed by atoms with Crippen molar-refractivity contribution in [2.24, 2.45) is 10.7 Å². The van der Waals surface area contributed by atoms with E-state index in [2.05, 4.69) is 15.4 Å². The van der Waals surface area contributed by atoms with Gasteiger partial charge in [-0.3, -0.25) is 0 Å². The molecule has 0 aliphatic heterocycles. The molecule has 1 aliphatic carbocycles. The summed E-state index contributed by atoms with van der Waals surface area (Å²) in [4.78, 5) is 4.39. The number of aromatic nitrogens is 2. The second kappa shape index (κ2) is 7.95. The van der Waals surface area contributed by atoms with Gasteiger partial charge < -0.3 is 11.1 Å². The van der Waals surface area contributed by atoms with Crippen LogP contribution in [-0.4, -0.2) is 21.8 Å². The number of rotatable bonds is 4. The zero-order valence-electron chi connectivity index (χ0n) is 13.8. The third-order valence-corrected chi connectivity index (χ3v) is 4.35. The van der Waals surface area contributed by atoms with E-state index in [1.165, 1.54) is 37.8 Å². The third-order valence-electron chi connectivity index (χ3n) is 4.35. The molecule has 0 saturated heterocycles. The van der Waals surface area contributed by atoms with E-state index in [4.69, 9.17) is 5.73 Å². The standard InChI is InChI=1S/C18H24FN5/c19-14-7-9-17(10-8-14)24-12-11-16(23-24)13-21-18(20)22-15-5-3-1-2-4-6-15/h7-12,15H,1-6,13H2,(H3,20,21,22). The fourth-order valence-electron chi connectivity index (χ4n) is 3.03. The quantitative estimate of drug-likeness (QED) is 0.514. The van der Waals surface area contributed by atoms with Gasteiger partial charge in [0.1, 0.15) is 5.82 Å². The largest absolute Gasteiger partial charge is 0.370 e. The maximum Gasteiger partial charge on any atom is 0.189 e. The molecule has 3 N–H and O–H groups in total. The molecule has 5 nitrogen and oxygen atoms in total. The van der Waals surface area contributed by atoms with Crippen LogP contribution >= 0.6 is 0 Å². The predicted octanol–water partition coefficient (Wildman–Crippen LogP) is 3.14. The van der Waals surface area contributed by atoms with Crippen molar-refractivity contribution in [3.63, 3.8) is 0 Å². The van der Waals surface area contributed by atoms with Crippen LogP contribution in [0.1, 0.15) is 44.2 Å². The summed E-state index contributed by atoms with van der Waals surface area (Å²) in [5.41, 5.74) is 7.64. The zero-order chi connectivity index (χ0) is 16.8. The fraction of sp³-hybridized carbons (Fsp3) is 0.444. The molecule has 1 aromatic carbocycles. The first-order valence-electron chi connectivity index (χ1n) is 8.58. The van der Waals surface area contributed by atoms with Crippen molar-refractivity contribution < 1.29 is 4.39 Å². The molecule has 1 fully saturated rings. The van der Waals surface area contributed by atoms with E-state index in [9.17, 15) is 4.39 Å². The summed E-state index contributed by atoms with van der Waals surface area (Å²) in [5, 5.41) is 7.77. The molecule has 1 saturated carbocycles. The van der Waals surface area contributed by atoms with Crippen LogP contribution in [0, 0.1) is 5.82 Å². The minimum absolute atomic E-state index is 0.256. The van der Waals surface area contributed by atoms with E-state index in [0.29, 0.717) is 18.5 Å². The normalized spacial score (nSPS) is 16.8. The van der Waals surface area contributed by atoms with Crippen LogP contribution in [0.2, 0.25) is 0 Å². The van der Waals surface area contributed by atoms with Crippen LogP contribution in [0.15, 0.2) is 41.5 Å².